The lowest BCUT2D eigenvalue weighted by atomic mass is 10.2. The molecule has 3 rings (SSSR count). The molecule has 0 aliphatic rings. The zero-order valence-electron chi connectivity index (χ0n) is 14.9. The molecule has 0 aliphatic heterocycles. The molecule has 5 nitrogen and oxygen atoms in total. The van der Waals surface area contributed by atoms with E-state index in [1.165, 1.54) is 17.3 Å². The number of nitrogens with zero attached hydrogens (tertiary/aromatic N) is 3. The highest BCUT2D eigenvalue weighted by Gasteiger charge is 2.13. The van der Waals surface area contributed by atoms with Crippen molar-refractivity contribution in [2.75, 3.05) is 5.75 Å². The summed E-state index contributed by atoms with van der Waals surface area (Å²) in [6.07, 6.45) is 1.01. The lowest BCUT2D eigenvalue weighted by molar-refractivity contribution is 0.102. The molecule has 0 bridgehead atoms. The van der Waals surface area contributed by atoms with E-state index in [0.717, 1.165) is 18.0 Å². The number of carbonyl (C=O) groups is 1. The molecule has 6 heteroatoms. The second-order valence-corrected chi connectivity index (χ2v) is 6.76. The van der Waals surface area contributed by atoms with Gasteiger partial charge >= 0.3 is 0 Å². The average Bonchev–Trinajstić information content (AvgIpc) is 3.05. The van der Waals surface area contributed by atoms with Gasteiger partial charge in [0.15, 0.2) is 16.8 Å². The highest BCUT2D eigenvalue weighted by molar-refractivity contribution is 7.99. The average molecular weight is 367 g/mol. The van der Waals surface area contributed by atoms with Crippen LogP contribution >= 0.6 is 11.8 Å². The third kappa shape index (κ3) is 4.52. The molecule has 2 aromatic carbocycles. The molecule has 0 N–H and O–H groups in total. The van der Waals surface area contributed by atoms with E-state index in [0.29, 0.717) is 23.1 Å². The van der Waals surface area contributed by atoms with Crippen LogP contribution in [0, 0.1) is 0 Å². The molecule has 0 saturated carbocycles. The minimum Gasteiger partial charge on any atom is -0.486 e. The van der Waals surface area contributed by atoms with E-state index < -0.39 is 0 Å². The Hall–Kier alpha value is -2.60. The number of ketones is 1. The fourth-order valence-electron chi connectivity index (χ4n) is 2.40. The van der Waals surface area contributed by atoms with Crippen molar-refractivity contribution < 1.29 is 9.53 Å². The molecule has 0 fully saturated rings. The van der Waals surface area contributed by atoms with Crippen LogP contribution in [0.2, 0.25) is 0 Å². The van der Waals surface area contributed by atoms with E-state index in [1.54, 1.807) is 0 Å². The highest BCUT2D eigenvalue weighted by atomic mass is 32.2. The number of thioether (sulfide) groups is 1. The topological polar surface area (TPSA) is 57.0 Å². The number of Topliss-reactive ketones (excluding diaryl/α,β-unsaturated/α-hetero) is 1. The SMILES string of the molecule is CCc1ccc(OCc2nnc(SCC(=O)c3ccccc3)n2C)cc1. The summed E-state index contributed by atoms with van der Waals surface area (Å²) in [6.45, 7) is 2.46. The van der Waals surface area contributed by atoms with Crippen molar-refractivity contribution in [3.63, 3.8) is 0 Å². The molecule has 0 unspecified atom stereocenters. The van der Waals surface area contributed by atoms with Crippen molar-refractivity contribution >= 4 is 17.5 Å². The Morgan fingerprint density at radius 1 is 1.08 bits per heavy atom. The number of carbonyl (C=O) groups excluding carboxylic acids is 1. The molecular formula is C20H21N3O2S. The van der Waals surface area contributed by atoms with E-state index in [2.05, 4.69) is 29.3 Å². The van der Waals surface area contributed by atoms with E-state index in [-0.39, 0.29) is 5.78 Å². The molecular weight excluding hydrogens is 346 g/mol. The molecule has 0 atom stereocenters. The predicted octanol–water partition coefficient (Wildman–Crippen LogP) is 3.93. The van der Waals surface area contributed by atoms with E-state index in [4.69, 9.17) is 4.74 Å². The minimum atomic E-state index is 0.0763. The van der Waals surface area contributed by atoms with Crippen molar-refractivity contribution in [3.8, 4) is 5.75 Å². The Kier molecular flexibility index (Phi) is 6.07. The Morgan fingerprint density at radius 2 is 1.81 bits per heavy atom. The van der Waals surface area contributed by atoms with Crippen LogP contribution in [0.3, 0.4) is 0 Å². The largest absolute Gasteiger partial charge is 0.486 e. The van der Waals surface area contributed by atoms with Gasteiger partial charge in [-0.05, 0) is 24.1 Å². The lowest BCUT2D eigenvalue weighted by Gasteiger charge is -2.07. The van der Waals surface area contributed by atoms with Crippen LogP contribution in [0.25, 0.3) is 0 Å². The van der Waals surface area contributed by atoms with Crippen molar-refractivity contribution in [3.05, 3.63) is 71.5 Å². The first kappa shape index (κ1) is 18.2. The smallest absolute Gasteiger partial charge is 0.191 e. The summed E-state index contributed by atoms with van der Waals surface area (Å²) in [5.41, 5.74) is 1.99. The maximum atomic E-state index is 12.2. The quantitative estimate of drug-likeness (QED) is 0.446. The number of hydrogen-bond donors (Lipinski definition) is 0. The summed E-state index contributed by atoms with van der Waals surface area (Å²) in [5.74, 6) is 1.93. The maximum Gasteiger partial charge on any atom is 0.191 e. The van der Waals surface area contributed by atoms with Gasteiger partial charge in [0.25, 0.3) is 0 Å². The molecule has 26 heavy (non-hydrogen) atoms. The van der Waals surface area contributed by atoms with Crippen LogP contribution in [0.1, 0.15) is 28.7 Å². The number of benzene rings is 2. The molecule has 0 aliphatic carbocycles. The van der Waals surface area contributed by atoms with Gasteiger partial charge in [-0.25, -0.2) is 0 Å². The number of rotatable bonds is 8. The second kappa shape index (κ2) is 8.67. The monoisotopic (exact) mass is 367 g/mol. The normalized spacial score (nSPS) is 10.7. The fourth-order valence-corrected chi connectivity index (χ4v) is 3.23. The number of hydrogen-bond acceptors (Lipinski definition) is 5. The Labute approximate surface area is 157 Å². The third-order valence-corrected chi connectivity index (χ3v) is 5.07. The molecule has 134 valence electrons. The van der Waals surface area contributed by atoms with Gasteiger partial charge in [0.05, 0.1) is 5.75 Å². The molecule has 0 amide bonds. The van der Waals surface area contributed by atoms with Crippen LogP contribution in [0.4, 0.5) is 0 Å². The van der Waals surface area contributed by atoms with Crippen LogP contribution in [-0.4, -0.2) is 26.3 Å². The number of aryl methyl sites for hydroxylation is 1. The van der Waals surface area contributed by atoms with Crippen molar-refractivity contribution in [1.29, 1.82) is 0 Å². The van der Waals surface area contributed by atoms with E-state index in [1.807, 2.05) is 54.1 Å². The molecule has 0 spiro atoms. The first-order valence-corrected chi connectivity index (χ1v) is 9.47. The highest BCUT2D eigenvalue weighted by Crippen LogP contribution is 2.19. The summed E-state index contributed by atoms with van der Waals surface area (Å²) in [6, 6.07) is 17.3. The van der Waals surface area contributed by atoms with Gasteiger partial charge in [-0.3, -0.25) is 4.79 Å². The minimum absolute atomic E-state index is 0.0763. The van der Waals surface area contributed by atoms with Crippen LogP contribution in [-0.2, 0) is 20.1 Å². The number of aromatic nitrogens is 3. The molecule has 0 saturated heterocycles. The van der Waals surface area contributed by atoms with Gasteiger partial charge in [-0.1, -0.05) is 61.2 Å². The standard InChI is InChI=1S/C20H21N3O2S/c1-3-15-9-11-17(12-10-15)25-13-19-21-22-20(23(19)2)26-14-18(24)16-7-5-4-6-8-16/h4-12H,3,13-14H2,1-2H3. The summed E-state index contributed by atoms with van der Waals surface area (Å²) in [4.78, 5) is 12.2. The Morgan fingerprint density at radius 3 is 2.50 bits per heavy atom. The van der Waals surface area contributed by atoms with E-state index in [9.17, 15) is 4.79 Å². The van der Waals surface area contributed by atoms with Crippen LogP contribution in [0.15, 0.2) is 59.8 Å². The second-order valence-electron chi connectivity index (χ2n) is 5.82. The van der Waals surface area contributed by atoms with Gasteiger partial charge in [-0.15, -0.1) is 10.2 Å². The summed E-state index contributed by atoms with van der Waals surface area (Å²) in [5, 5.41) is 9.04. The first-order chi connectivity index (χ1) is 12.7. The molecule has 1 heterocycles. The summed E-state index contributed by atoms with van der Waals surface area (Å²) in [7, 11) is 1.88. The maximum absolute atomic E-state index is 12.2. The summed E-state index contributed by atoms with van der Waals surface area (Å²) < 4.78 is 7.65. The van der Waals surface area contributed by atoms with Crippen LogP contribution < -0.4 is 4.74 Å². The Balaban J connectivity index is 1.56. The lowest BCUT2D eigenvalue weighted by Crippen LogP contribution is -2.06. The van der Waals surface area contributed by atoms with E-state index >= 15 is 0 Å². The predicted molar refractivity (Wildman–Crippen MR) is 103 cm³/mol. The van der Waals surface area contributed by atoms with Gasteiger partial charge in [0.2, 0.25) is 0 Å². The van der Waals surface area contributed by atoms with Crippen molar-refractivity contribution in [2.24, 2.45) is 7.05 Å². The van der Waals surface area contributed by atoms with Gasteiger partial charge in [0.1, 0.15) is 12.4 Å². The molecule has 0 radical (unpaired) electrons. The zero-order chi connectivity index (χ0) is 18.4. The molecule has 3 aromatic rings. The van der Waals surface area contributed by atoms with Crippen molar-refractivity contribution in [1.82, 2.24) is 14.8 Å². The van der Waals surface area contributed by atoms with Gasteiger partial charge in [-0.2, -0.15) is 0 Å². The first-order valence-electron chi connectivity index (χ1n) is 8.48. The summed E-state index contributed by atoms with van der Waals surface area (Å²) >= 11 is 1.38. The van der Waals surface area contributed by atoms with Crippen molar-refractivity contribution in [2.45, 2.75) is 25.1 Å². The van der Waals surface area contributed by atoms with Crippen LogP contribution in [0.5, 0.6) is 5.75 Å². The van der Waals surface area contributed by atoms with Gasteiger partial charge < -0.3 is 9.30 Å². The zero-order valence-corrected chi connectivity index (χ0v) is 15.7. The Bertz CT molecular complexity index is 861. The third-order valence-electron chi connectivity index (χ3n) is 4.05. The number of ether oxygens (including phenoxy) is 1. The fraction of sp³-hybridized carbons (Fsp3) is 0.250. The molecule has 1 aromatic heterocycles. The van der Waals surface area contributed by atoms with Gasteiger partial charge in [0, 0.05) is 12.6 Å².